The first kappa shape index (κ1) is 24.7. The summed E-state index contributed by atoms with van der Waals surface area (Å²) < 4.78 is 7.20. The van der Waals surface area contributed by atoms with E-state index < -0.39 is 0 Å². The standard InChI is InChI=1S/C27H40N4O3/c1-4-9-34-10-8-28-25(32)13-22-17-31-23(6-5-7-24(31)30-22)26(33)29-18-27-14-19(2)11-21(16-27)12-20(3)15-27/h5-7,17,19-21H,4,8-16,18H2,1-3H3,(H,28,32)(H,29,33). The lowest BCUT2D eigenvalue weighted by Crippen LogP contribution is -2.46. The highest BCUT2D eigenvalue weighted by Gasteiger charge is 2.44. The van der Waals surface area contributed by atoms with Crippen LogP contribution in [0.4, 0.5) is 0 Å². The van der Waals surface area contributed by atoms with Crippen LogP contribution in [0, 0.1) is 23.2 Å². The van der Waals surface area contributed by atoms with Gasteiger partial charge in [0.15, 0.2) is 0 Å². The van der Waals surface area contributed by atoms with E-state index in [1.165, 1.54) is 32.1 Å². The molecule has 2 aliphatic rings. The van der Waals surface area contributed by atoms with Gasteiger partial charge in [-0.15, -0.1) is 0 Å². The summed E-state index contributed by atoms with van der Waals surface area (Å²) in [6.07, 6.45) is 9.24. The van der Waals surface area contributed by atoms with Crippen molar-refractivity contribution in [1.29, 1.82) is 0 Å². The molecule has 2 heterocycles. The smallest absolute Gasteiger partial charge is 0.268 e. The number of imidazole rings is 1. The van der Waals surface area contributed by atoms with Crippen molar-refractivity contribution >= 4 is 17.5 Å². The maximum absolute atomic E-state index is 13.2. The Labute approximate surface area is 203 Å². The predicted octanol–water partition coefficient (Wildman–Crippen LogP) is 4.00. The van der Waals surface area contributed by atoms with E-state index in [0.29, 0.717) is 36.8 Å². The molecule has 2 unspecified atom stereocenters. The second-order valence-corrected chi connectivity index (χ2v) is 10.9. The molecular formula is C27H40N4O3. The van der Waals surface area contributed by atoms with Crippen LogP contribution in [0.1, 0.15) is 75.5 Å². The van der Waals surface area contributed by atoms with Crippen LogP contribution in [0.3, 0.4) is 0 Å². The number of rotatable bonds is 10. The molecule has 0 saturated heterocycles. The SMILES string of the molecule is CCCOCCNC(=O)Cc1cn2c(C(=O)NCC34CC(C)CC(CC(C)C3)C4)cccc2n1. The monoisotopic (exact) mass is 468 g/mol. The number of aromatic nitrogens is 2. The molecule has 186 valence electrons. The molecule has 34 heavy (non-hydrogen) atoms. The van der Waals surface area contributed by atoms with Gasteiger partial charge >= 0.3 is 0 Å². The molecule has 2 N–H and O–H groups in total. The Morgan fingerprint density at radius 2 is 1.88 bits per heavy atom. The summed E-state index contributed by atoms with van der Waals surface area (Å²) in [5.41, 5.74) is 2.11. The second kappa shape index (κ2) is 10.9. The van der Waals surface area contributed by atoms with Crippen molar-refractivity contribution in [3.63, 3.8) is 0 Å². The molecule has 0 spiro atoms. The molecule has 4 rings (SSSR count). The number of nitrogens with zero attached hydrogens (tertiary/aromatic N) is 2. The second-order valence-electron chi connectivity index (χ2n) is 10.9. The van der Waals surface area contributed by atoms with Crippen LogP contribution in [0.25, 0.3) is 5.65 Å². The lowest BCUT2D eigenvalue weighted by atomic mass is 9.57. The highest BCUT2D eigenvalue weighted by atomic mass is 16.5. The number of hydrogen-bond acceptors (Lipinski definition) is 4. The van der Waals surface area contributed by atoms with Gasteiger partial charge in [0.2, 0.25) is 5.91 Å². The van der Waals surface area contributed by atoms with Gasteiger partial charge in [0.05, 0.1) is 18.7 Å². The quantitative estimate of drug-likeness (QED) is 0.516. The van der Waals surface area contributed by atoms with Gasteiger partial charge < -0.3 is 15.4 Å². The van der Waals surface area contributed by atoms with Crippen molar-refractivity contribution in [3.8, 4) is 0 Å². The van der Waals surface area contributed by atoms with Crippen molar-refractivity contribution < 1.29 is 14.3 Å². The fraction of sp³-hybridized carbons (Fsp3) is 0.667. The molecule has 2 amide bonds. The molecule has 2 aliphatic carbocycles. The van der Waals surface area contributed by atoms with E-state index >= 15 is 0 Å². The maximum atomic E-state index is 13.2. The van der Waals surface area contributed by atoms with Crippen LogP contribution >= 0.6 is 0 Å². The van der Waals surface area contributed by atoms with Crippen molar-refractivity contribution in [2.45, 2.75) is 65.7 Å². The average molecular weight is 469 g/mol. The number of pyridine rings is 1. The third-order valence-corrected chi connectivity index (χ3v) is 7.41. The number of ether oxygens (including phenoxy) is 1. The Balaban J connectivity index is 1.38. The summed E-state index contributed by atoms with van der Waals surface area (Å²) >= 11 is 0. The van der Waals surface area contributed by atoms with Crippen molar-refractivity contribution in [1.82, 2.24) is 20.0 Å². The van der Waals surface area contributed by atoms with E-state index in [-0.39, 0.29) is 23.7 Å². The highest BCUT2D eigenvalue weighted by Crippen LogP contribution is 2.52. The van der Waals surface area contributed by atoms with E-state index in [1.807, 2.05) is 18.2 Å². The summed E-state index contributed by atoms with van der Waals surface area (Å²) in [6, 6.07) is 5.55. The number of nitrogens with one attached hydrogen (secondary N) is 2. The number of fused-ring (bicyclic) bond motifs is 3. The molecule has 2 aromatic rings. The average Bonchev–Trinajstić information content (AvgIpc) is 3.18. The summed E-state index contributed by atoms with van der Waals surface area (Å²) in [6.45, 7) is 9.21. The zero-order valence-electron chi connectivity index (χ0n) is 20.9. The Morgan fingerprint density at radius 1 is 1.12 bits per heavy atom. The van der Waals surface area contributed by atoms with Crippen LogP contribution in [0.2, 0.25) is 0 Å². The van der Waals surface area contributed by atoms with Crippen molar-refractivity contribution in [3.05, 3.63) is 35.8 Å². The molecule has 0 aliphatic heterocycles. The van der Waals surface area contributed by atoms with Gasteiger partial charge in [0.25, 0.3) is 5.91 Å². The molecule has 2 aromatic heterocycles. The largest absolute Gasteiger partial charge is 0.380 e. The Hall–Kier alpha value is -2.41. The summed E-state index contributed by atoms with van der Waals surface area (Å²) in [7, 11) is 0. The van der Waals surface area contributed by atoms with Gasteiger partial charge in [0, 0.05) is 25.9 Å². The fourth-order valence-electron chi connectivity index (χ4n) is 6.55. The number of hydrogen-bond donors (Lipinski definition) is 2. The van der Waals surface area contributed by atoms with Gasteiger partial charge in [-0.05, 0) is 73.8 Å². The number of carbonyl (C=O) groups excluding carboxylic acids is 2. The minimum absolute atomic E-state index is 0.0746. The Morgan fingerprint density at radius 3 is 2.62 bits per heavy atom. The summed E-state index contributed by atoms with van der Waals surface area (Å²) in [5.74, 6) is 2.09. The van der Waals surface area contributed by atoms with Crippen LogP contribution in [0.5, 0.6) is 0 Å². The maximum Gasteiger partial charge on any atom is 0.268 e. The summed E-state index contributed by atoms with van der Waals surface area (Å²) in [5, 5.41) is 6.12. The number of amides is 2. The molecule has 7 heteroatoms. The van der Waals surface area contributed by atoms with E-state index in [1.54, 1.807) is 10.6 Å². The van der Waals surface area contributed by atoms with E-state index in [4.69, 9.17) is 4.74 Å². The lowest BCUT2D eigenvalue weighted by molar-refractivity contribution is -0.120. The minimum Gasteiger partial charge on any atom is -0.380 e. The van der Waals surface area contributed by atoms with E-state index in [2.05, 4.69) is 36.4 Å². The zero-order valence-corrected chi connectivity index (χ0v) is 20.9. The number of carbonyl (C=O) groups is 2. The predicted molar refractivity (Wildman–Crippen MR) is 133 cm³/mol. The first-order valence-corrected chi connectivity index (χ1v) is 13.0. The van der Waals surface area contributed by atoms with Crippen LogP contribution in [-0.4, -0.2) is 47.5 Å². The molecule has 0 aromatic carbocycles. The molecule has 2 saturated carbocycles. The molecule has 0 radical (unpaired) electrons. The molecule has 2 bridgehead atoms. The Kier molecular flexibility index (Phi) is 7.91. The van der Waals surface area contributed by atoms with Gasteiger partial charge in [-0.25, -0.2) is 4.98 Å². The Bertz CT molecular complexity index is 981. The first-order valence-electron chi connectivity index (χ1n) is 13.0. The third kappa shape index (κ3) is 5.98. The van der Waals surface area contributed by atoms with Crippen molar-refractivity contribution in [2.75, 3.05) is 26.3 Å². The van der Waals surface area contributed by atoms with Crippen LogP contribution < -0.4 is 10.6 Å². The van der Waals surface area contributed by atoms with Gasteiger partial charge in [-0.1, -0.05) is 26.8 Å². The molecular weight excluding hydrogens is 428 g/mol. The minimum atomic E-state index is -0.0963. The van der Waals surface area contributed by atoms with Crippen molar-refractivity contribution in [2.24, 2.45) is 23.2 Å². The van der Waals surface area contributed by atoms with Crippen LogP contribution in [-0.2, 0) is 16.0 Å². The topological polar surface area (TPSA) is 84.7 Å². The first-order chi connectivity index (χ1) is 16.4. The zero-order chi connectivity index (χ0) is 24.1. The fourth-order valence-corrected chi connectivity index (χ4v) is 6.55. The van der Waals surface area contributed by atoms with Gasteiger partial charge in [-0.3, -0.25) is 14.0 Å². The lowest BCUT2D eigenvalue weighted by Gasteiger charge is -2.50. The van der Waals surface area contributed by atoms with Gasteiger partial charge in [0.1, 0.15) is 11.3 Å². The third-order valence-electron chi connectivity index (χ3n) is 7.41. The van der Waals surface area contributed by atoms with Gasteiger partial charge in [-0.2, -0.15) is 0 Å². The highest BCUT2D eigenvalue weighted by molar-refractivity contribution is 5.93. The van der Waals surface area contributed by atoms with E-state index in [0.717, 1.165) is 30.7 Å². The molecule has 7 nitrogen and oxygen atoms in total. The van der Waals surface area contributed by atoms with E-state index in [9.17, 15) is 9.59 Å². The summed E-state index contributed by atoms with van der Waals surface area (Å²) in [4.78, 5) is 30.1. The normalized spacial score (nSPS) is 26.4. The molecule has 2 atom stereocenters. The van der Waals surface area contributed by atoms with Crippen LogP contribution in [0.15, 0.2) is 24.4 Å². The molecule has 2 fully saturated rings.